The number of hydroxylamine groups is 2. The number of rotatable bonds is 8. The molecule has 2 aromatic rings. The van der Waals surface area contributed by atoms with Crippen molar-refractivity contribution in [3.63, 3.8) is 0 Å². The van der Waals surface area contributed by atoms with Gasteiger partial charge in [-0.25, -0.2) is 13.9 Å². The van der Waals surface area contributed by atoms with Gasteiger partial charge in [0.05, 0.1) is 4.90 Å². The number of nitrogens with zero attached hydrogens (tertiary/aromatic N) is 1. The summed E-state index contributed by atoms with van der Waals surface area (Å²) in [6, 6.07) is 15.1. The lowest BCUT2D eigenvalue weighted by Gasteiger charge is -2.28. The van der Waals surface area contributed by atoms with Gasteiger partial charge >= 0.3 is 0 Å². The van der Waals surface area contributed by atoms with E-state index in [4.69, 9.17) is 10.0 Å². The van der Waals surface area contributed by atoms with Gasteiger partial charge in [0.25, 0.3) is 15.9 Å². The molecule has 2 rings (SSSR count). The molecule has 1 amide bonds. The first-order valence-electron chi connectivity index (χ1n) is 8.10. The van der Waals surface area contributed by atoms with E-state index in [0.717, 1.165) is 0 Å². The largest absolute Gasteiger partial charge is 0.289 e. The Hall–Kier alpha value is -2.70. The summed E-state index contributed by atoms with van der Waals surface area (Å²) in [7, 11) is -4.18. The molecule has 0 aliphatic carbocycles. The van der Waals surface area contributed by atoms with Crippen LogP contribution >= 0.6 is 0 Å². The highest BCUT2D eigenvalue weighted by Gasteiger charge is 2.37. The summed E-state index contributed by atoms with van der Waals surface area (Å²) in [5, 5.41) is 9.14. The molecule has 27 heavy (non-hydrogen) atoms. The quantitative estimate of drug-likeness (QED) is 0.408. The molecule has 0 aliphatic rings. The van der Waals surface area contributed by atoms with Crippen LogP contribution in [0.2, 0.25) is 0 Å². The van der Waals surface area contributed by atoms with Gasteiger partial charge in [-0.3, -0.25) is 14.8 Å². The predicted molar refractivity (Wildman–Crippen MR) is 98.7 cm³/mol. The summed E-state index contributed by atoms with van der Waals surface area (Å²) in [6.45, 7) is 1.36. The second kappa shape index (κ2) is 9.85. The zero-order valence-electron chi connectivity index (χ0n) is 14.7. The van der Waals surface area contributed by atoms with Gasteiger partial charge in [-0.2, -0.15) is 0 Å². The maximum atomic E-state index is 13.1. The summed E-state index contributed by atoms with van der Waals surface area (Å²) in [6.07, 6.45) is -0.00114. The smallest absolute Gasteiger partial charge is 0.265 e. The highest BCUT2D eigenvalue weighted by Crippen LogP contribution is 2.21. The molecule has 8 heteroatoms. The highest BCUT2D eigenvalue weighted by molar-refractivity contribution is 7.89. The molecular formula is C19H20N2O5S. The van der Waals surface area contributed by atoms with E-state index in [9.17, 15) is 13.2 Å². The van der Waals surface area contributed by atoms with E-state index < -0.39 is 22.0 Å². The van der Waals surface area contributed by atoms with Gasteiger partial charge in [0, 0.05) is 6.42 Å². The van der Waals surface area contributed by atoms with Crippen molar-refractivity contribution in [2.45, 2.75) is 24.3 Å². The van der Waals surface area contributed by atoms with Gasteiger partial charge in [-0.15, -0.1) is 5.92 Å². The lowest BCUT2D eigenvalue weighted by Crippen LogP contribution is -2.50. The summed E-state index contributed by atoms with van der Waals surface area (Å²) in [4.78, 5) is 17.6. The van der Waals surface area contributed by atoms with Crippen LogP contribution in [0, 0.1) is 11.8 Å². The number of nitrogens with one attached hydrogen (secondary N) is 1. The number of hydrogen-bond donors (Lipinski definition) is 2. The van der Waals surface area contributed by atoms with Crippen LogP contribution in [-0.2, 0) is 26.1 Å². The number of sulfonamides is 1. The van der Waals surface area contributed by atoms with E-state index in [1.807, 2.05) is 0 Å². The van der Waals surface area contributed by atoms with Crippen LogP contribution in [0.4, 0.5) is 0 Å². The fourth-order valence-electron chi connectivity index (χ4n) is 2.37. The monoisotopic (exact) mass is 388 g/mol. The maximum Gasteiger partial charge on any atom is 0.265 e. The molecule has 142 valence electrons. The Balaban J connectivity index is 2.46. The molecule has 0 radical (unpaired) electrons. The SMILES string of the molecule is CC#CCON(C(Cc1ccccc1)C(=O)NO)S(=O)(=O)c1ccccc1. The first-order valence-corrected chi connectivity index (χ1v) is 9.54. The molecule has 2 aromatic carbocycles. The summed E-state index contributed by atoms with van der Waals surface area (Å²) in [5.74, 6) is 4.29. The Morgan fingerprint density at radius 2 is 1.74 bits per heavy atom. The van der Waals surface area contributed by atoms with Crippen LogP contribution in [-0.4, -0.2) is 36.6 Å². The van der Waals surface area contributed by atoms with E-state index in [-0.39, 0.29) is 17.9 Å². The predicted octanol–water partition coefficient (Wildman–Crippen LogP) is 1.75. The second-order valence-electron chi connectivity index (χ2n) is 5.46. The van der Waals surface area contributed by atoms with Crippen molar-refractivity contribution in [1.82, 2.24) is 9.95 Å². The minimum atomic E-state index is -4.18. The van der Waals surface area contributed by atoms with Crippen LogP contribution in [0.3, 0.4) is 0 Å². The van der Waals surface area contributed by atoms with Gasteiger partial charge in [0.1, 0.15) is 12.6 Å². The Bertz CT molecular complexity index is 905. The Kier molecular flexibility index (Phi) is 7.52. The first-order chi connectivity index (χ1) is 13.0. The molecule has 0 aliphatic heterocycles. The second-order valence-corrected chi connectivity index (χ2v) is 7.24. The molecule has 0 saturated heterocycles. The van der Waals surface area contributed by atoms with Crippen molar-refractivity contribution in [2.24, 2.45) is 0 Å². The number of carbonyl (C=O) groups excluding carboxylic acids is 1. The minimum Gasteiger partial charge on any atom is -0.289 e. The third kappa shape index (κ3) is 5.39. The zero-order valence-corrected chi connectivity index (χ0v) is 15.5. The topological polar surface area (TPSA) is 95.9 Å². The van der Waals surface area contributed by atoms with Crippen molar-refractivity contribution >= 4 is 15.9 Å². The van der Waals surface area contributed by atoms with E-state index >= 15 is 0 Å². The average Bonchev–Trinajstić information content (AvgIpc) is 2.70. The molecular weight excluding hydrogens is 368 g/mol. The Morgan fingerprint density at radius 1 is 1.15 bits per heavy atom. The Morgan fingerprint density at radius 3 is 2.30 bits per heavy atom. The van der Waals surface area contributed by atoms with Crippen LogP contribution in [0.15, 0.2) is 65.6 Å². The van der Waals surface area contributed by atoms with Gasteiger partial charge in [0.2, 0.25) is 0 Å². The van der Waals surface area contributed by atoms with Crippen molar-refractivity contribution in [3.8, 4) is 11.8 Å². The fourth-order valence-corrected chi connectivity index (χ4v) is 3.77. The molecule has 2 N–H and O–H groups in total. The highest BCUT2D eigenvalue weighted by atomic mass is 32.2. The van der Waals surface area contributed by atoms with Crippen molar-refractivity contribution in [2.75, 3.05) is 6.61 Å². The van der Waals surface area contributed by atoms with E-state index in [1.165, 1.54) is 17.6 Å². The van der Waals surface area contributed by atoms with Gasteiger partial charge in [0.15, 0.2) is 0 Å². The normalized spacial score (nSPS) is 12.1. The van der Waals surface area contributed by atoms with E-state index in [2.05, 4.69) is 11.8 Å². The van der Waals surface area contributed by atoms with Crippen LogP contribution in [0.5, 0.6) is 0 Å². The van der Waals surface area contributed by atoms with E-state index in [0.29, 0.717) is 10.0 Å². The van der Waals surface area contributed by atoms with Crippen LogP contribution in [0.1, 0.15) is 12.5 Å². The third-order valence-electron chi connectivity index (χ3n) is 3.66. The molecule has 1 atom stereocenters. The molecule has 7 nitrogen and oxygen atoms in total. The van der Waals surface area contributed by atoms with Crippen LogP contribution < -0.4 is 5.48 Å². The summed E-state index contributed by atoms with van der Waals surface area (Å²) in [5.41, 5.74) is 2.22. The first kappa shape index (κ1) is 20.6. The van der Waals surface area contributed by atoms with Gasteiger partial charge in [-0.05, 0) is 24.6 Å². The Labute approximate surface area is 158 Å². The molecule has 0 heterocycles. The fraction of sp³-hybridized carbons (Fsp3) is 0.211. The van der Waals surface area contributed by atoms with Crippen molar-refractivity contribution < 1.29 is 23.3 Å². The number of hydrogen-bond acceptors (Lipinski definition) is 5. The van der Waals surface area contributed by atoms with E-state index in [1.54, 1.807) is 55.5 Å². The van der Waals surface area contributed by atoms with Crippen molar-refractivity contribution in [1.29, 1.82) is 0 Å². The zero-order chi connectivity index (χ0) is 19.7. The standard InChI is InChI=1S/C19H20N2O5S/c1-2-3-14-26-21(27(24,25)17-12-8-5-9-13-17)18(19(22)20-23)15-16-10-6-4-7-11-16/h4-13,18,23H,14-15H2,1H3,(H,20,22). The lowest BCUT2D eigenvalue weighted by atomic mass is 10.1. The van der Waals surface area contributed by atoms with Crippen LogP contribution in [0.25, 0.3) is 0 Å². The van der Waals surface area contributed by atoms with Crippen molar-refractivity contribution in [3.05, 3.63) is 66.2 Å². The minimum absolute atomic E-state index is 0.00114. The maximum absolute atomic E-state index is 13.1. The number of amides is 1. The number of carbonyl (C=O) groups is 1. The van der Waals surface area contributed by atoms with Gasteiger partial charge < -0.3 is 0 Å². The molecule has 0 saturated carbocycles. The number of benzene rings is 2. The van der Waals surface area contributed by atoms with Gasteiger partial charge in [-0.1, -0.05) is 58.9 Å². The lowest BCUT2D eigenvalue weighted by molar-refractivity contribution is -0.150. The molecule has 0 spiro atoms. The molecule has 0 bridgehead atoms. The third-order valence-corrected chi connectivity index (χ3v) is 5.36. The molecule has 0 fully saturated rings. The molecule has 1 unspecified atom stereocenters. The summed E-state index contributed by atoms with van der Waals surface area (Å²) >= 11 is 0. The average molecular weight is 388 g/mol. The molecule has 0 aromatic heterocycles. The summed E-state index contributed by atoms with van der Waals surface area (Å²) < 4.78 is 26.7.